The van der Waals surface area contributed by atoms with E-state index in [-0.39, 0.29) is 11.5 Å². The maximum atomic E-state index is 11.5. The van der Waals surface area contributed by atoms with E-state index < -0.39 is 0 Å². The average Bonchev–Trinajstić information content (AvgIpc) is 3.00. The highest BCUT2D eigenvalue weighted by Crippen LogP contribution is 2.38. The number of hydrogen-bond donors (Lipinski definition) is 2. The number of fused-ring (bicyclic) bond motifs is 8. The van der Waals surface area contributed by atoms with Gasteiger partial charge in [0.05, 0.1) is 0 Å². The van der Waals surface area contributed by atoms with Gasteiger partial charge in [0, 0.05) is 25.7 Å². The van der Waals surface area contributed by atoms with Crippen LogP contribution in [0.5, 0.6) is 23.0 Å². The first-order chi connectivity index (χ1) is 20.6. The third-order valence-corrected chi connectivity index (χ3v) is 7.86. The van der Waals surface area contributed by atoms with Gasteiger partial charge in [0.2, 0.25) is 0 Å². The Morgan fingerprint density at radius 1 is 0.500 bits per heavy atom. The molecule has 0 radical (unpaired) electrons. The van der Waals surface area contributed by atoms with Crippen molar-refractivity contribution in [2.75, 3.05) is 6.61 Å². The lowest BCUT2D eigenvalue weighted by molar-refractivity contribution is 0.300. The quantitative estimate of drug-likeness (QED) is 0.205. The molecule has 1 aliphatic rings. The van der Waals surface area contributed by atoms with Crippen LogP contribution in [-0.4, -0.2) is 16.8 Å². The zero-order chi connectivity index (χ0) is 28.9. The van der Waals surface area contributed by atoms with Crippen molar-refractivity contribution in [3.05, 3.63) is 166 Å². The van der Waals surface area contributed by atoms with Gasteiger partial charge in [-0.1, -0.05) is 116 Å². The molecule has 5 aromatic rings. The smallest absolute Gasteiger partial charge is 0.126 e. The maximum Gasteiger partial charge on any atom is 0.126 e. The zero-order valence-corrected chi connectivity index (χ0v) is 23.6. The van der Waals surface area contributed by atoms with Gasteiger partial charge in [0.1, 0.15) is 36.2 Å². The van der Waals surface area contributed by atoms with Crippen molar-refractivity contribution in [1.29, 1.82) is 0 Å². The average molecular weight is 555 g/mol. The summed E-state index contributed by atoms with van der Waals surface area (Å²) in [7, 11) is 0. The van der Waals surface area contributed by atoms with Crippen molar-refractivity contribution in [2.24, 2.45) is 0 Å². The van der Waals surface area contributed by atoms with Crippen molar-refractivity contribution < 1.29 is 19.7 Å². The van der Waals surface area contributed by atoms with Gasteiger partial charge in [0.25, 0.3) is 0 Å². The van der Waals surface area contributed by atoms with Crippen molar-refractivity contribution in [2.45, 2.75) is 32.3 Å². The molecule has 0 spiro atoms. The van der Waals surface area contributed by atoms with Crippen LogP contribution in [0.4, 0.5) is 0 Å². The summed E-state index contributed by atoms with van der Waals surface area (Å²) >= 11 is 0. The first-order valence-electron chi connectivity index (χ1n) is 14.3. The molecule has 210 valence electrons. The molecule has 0 saturated heterocycles. The normalized spacial score (nSPS) is 12.4. The van der Waals surface area contributed by atoms with E-state index in [2.05, 4.69) is 18.7 Å². The number of aromatic hydroxyl groups is 2. The van der Waals surface area contributed by atoms with E-state index in [4.69, 9.17) is 9.47 Å². The highest BCUT2D eigenvalue weighted by atomic mass is 16.5. The molecule has 0 atom stereocenters. The molecular weight excluding hydrogens is 520 g/mol. The fourth-order valence-corrected chi connectivity index (χ4v) is 5.76. The van der Waals surface area contributed by atoms with Crippen LogP contribution in [0.15, 0.2) is 116 Å². The second-order valence-corrected chi connectivity index (χ2v) is 10.7. The van der Waals surface area contributed by atoms with Gasteiger partial charge in [0.15, 0.2) is 0 Å². The van der Waals surface area contributed by atoms with E-state index in [1.807, 2.05) is 91.0 Å². The van der Waals surface area contributed by atoms with Crippen LogP contribution in [0.25, 0.3) is 0 Å². The predicted molar refractivity (Wildman–Crippen MR) is 167 cm³/mol. The number of phenolic OH excluding ortho intramolecular Hbond substituents is 2. The first-order valence-corrected chi connectivity index (χ1v) is 14.3. The summed E-state index contributed by atoms with van der Waals surface area (Å²) in [4.78, 5) is 0. The Balaban J connectivity index is 1.50. The van der Waals surface area contributed by atoms with Gasteiger partial charge in [-0.25, -0.2) is 0 Å². The van der Waals surface area contributed by atoms with E-state index >= 15 is 0 Å². The van der Waals surface area contributed by atoms with E-state index in [1.165, 1.54) is 0 Å². The van der Waals surface area contributed by atoms with E-state index in [9.17, 15) is 10.2 Å². The van der Waals surface area contributed by atoms with Crippen LogP contribution < -0.4 is 9.47 Å². The van der Waals surface area contributed by atoms with Gasteiger partial charge < -0.3 is 19.7 Å². The van der Waals surface area contributed by atoms with Gasteiger partial charge >= 0.3 is 0 Å². The lowest BCUT2D eigenvalue weighted by Gasteiger charge is -2.20. The SMILES string of the molecule is C=CCOc1c2cccc1Cc1cccc(c1O)Cc1cccc(c1OCc1ccccc1)Cc1cccc(c1O)C2. The third-order valence-electron chi connectivity index (χ3n) is 7.86. The Kier molecular flexibility index (Phi) is 7.96. The number of benzene rings is 5. The molecule has 5 aromatic carbocycles. The molecule has 4 heteroatoms. The number of ether oxygens (including phenoxy) is 2. The highest BCUT2D eigenvalue weighted by Gasteiger charge is 2.20. The standard InChI is InChI=1S/C38H34O4/c1-2-20-41-37-31-16-8-17-32(37)22-28-13-7-15-30(36(28)40)24-34-19-9-18-33(23-29-14-6-12-27(21-31)35(29)39)38(34)42-25-26-10-4-3-5-11-26/h2-19,39-40H,1,20-25H2. The minimum atomic E-state index is 0.284. The highest BCUT2D eigenvalue weighted by molar-refractivity contribution is 5.55. The summed E-state index contributed by atoms with van der Waals surface area (Å²) in [6.45, 7) is 4.61. The molecule has 0 fully saturated rings. The van der Waals surface area contributed by atoms with Crippen LogP contribution in [-0.2, 0) is 32.3 Å². The third kappa shape index (κ3) is 5.75. The fourth-order valence-electron chi connectivity index (χ4n) is 5.76. The first kappa shape index (κ1) is 27.2. The molecule has 2 N–H and O–H groups in total. The lowest BCUT2D eigenvalue weighted by atomic mass is 9.91. The largest absolute Gasteiger partial charge is 0.507 e. The number of para-hydroxylation sites is 4. The fraction of sp³-hybridized carbons (Fsp3) is 0.158. The molecule has 8 bridgehead atoms. The summed E-state index contributed by atoms with van der Waals surface area (Å²) in [6, 6.07) is 34.2. The van der Waals surface area contributed by atoms with Crippen LogP contribution in [0.3, 0.4) is 0 Å². The molecular formula is C38H34O4. The Morgan fingerprint density at radius 2 is 0.881 bits per heavy atom. The minimum Gasteiger partial charge on any atom is -0.507 e. The summed E-state index contributed by atoms with van der Waals surface area (Å²) in [5.74, 6) is 2.12. The van der Waals surface area contributed by atoms with Crippen molar-refractivity contribution in [1.82, 2.24) is 0 Å². The van der Waals surface area contributed by atoms with Crippen molar-refractivity contribution in [3.8, 4) is 23.0 Å². The zero-order valence-electron chi connectivity index (χ0n) is 23.6. The summed E-state index contributed by atoms with van der Waals surface area (Å²) < 4.78 is 12.7. The Bertz CT molecular complexity index is 1630. The van der Waals surface area contributed by atoms with E-state index in [0.717, 1.165) is 61.6 Å². The Morgan fingerprint density at radius 3 is 1.29 bits per heavy atom. The number of rotatable bonds is 6. The molecule has 42 heavy (non-hydrogen) atoms. The Hall–Kier alpha value is -4.96. The van der Waals surface area contributed by atoms with Crippen molar-refractivity contribution in [3.63, 3.8) is 0 Å². The van der Waals surface area contributed by atoms with E-state index in [0.29, 0.717) is 38.9 Å². The van der Waals surface area contributed by atoms with Gasteiger partial charge in [-0.05, 0) is 50.1 Å². The van der Waals surface area contributed by atoms with Crippen molar-refractivity contribution >= 4 is 0 Å². The molecule has 0 heterocycles. The topological polar surface area (TPSA) is 58.9 Å². The van der Waals surface area contributed by atoms with Gasteiger partial charge in [-0.3, -0.25) is 0 Å². The summed E-state index contributed by atoms with van der Waals surface area (Å²) in [5, 5.41) is 23.0. The van der Waals surface area contributed by atoms with Crippen LogP contribution in [0.1, 0.15) is 50.1 Å². The van der Waals surface area contributed by atoms with Gasteiger partial charge in [-0.15, -0.1) is 0 Å². The van der Waals surface area contributed by atoms with Crippen LogP contribution in [0, 0.1) is 0 Å². The van der Waals surface area contributed by atoms with Crippen LogP contribution in [0.2, 0.25) is 0 Å². The van der Waals surface area contributed by atoms with Crippen LogP contribution >= 0.6 is 0 Å². The molecule has 0 saturated carbocycles. The number of hydrogen-bond acceptors (Lipinski definition) is 4. The number of phenols is 2. The lowest BCUT2D eigenvalue weighted by Crippen LogP contribution is -2.06. The van der Waals surface area contributed by atoms with E-state index in [1.54, 1.807) is 6.08 Å². The molecule has 0 aromatic heterocycles. The maximum absolute atomic E-state index is 11.5. The Labute approximate surface area is 247 Å². The summed E-state index contributed by atoms with van der Waals surface area (Å²) in [6.07, 6.45) is 3.74. The summed E-state index contributed by atoms with van der Waals surface area (Å²) in [5.41, 5.74) is 8.29. The van der Waals surface area contributed by atoms with Gasteiger partial charge in [-0.2, -0.15) is 0 Å². The molecule has 0 amide bonds. The molecule has 0 aliphatic heterocycles. The molecule has 0 unspecified atom stereocenters. The predicted octanol–water partition coefficient (Wildman–Crippen LogP) is 7.92. The monoisotopic (exact) mass is 554 g/mol. The molecule has 4 nitrogen and oxygen atoms in total. The second-order valence-electron chi connectivity index (χ2n) is 10.7. The second kappa shape index (κ2) is 12.3. The molecule has 6 rings (SSSR count). The minimum absolute atomic E-state index is 0.284. The molecule has 1 aliphatic carbocycles.